The summed E-state index contributed by atoms with van der Waals surface area (Å²) in [6.45, 7) is 10.3. The van der Waals surface area contributed by atoms with Crippen molar-refractivity contribution < 1.29 is 5.11 Å². The molecule has 0 bridgehead atoms. The summed E-state index contributed by atoms with van der Waals surface area (Å²) in [6, 6.07) is 11.5. The third kappa shape index (κ3) is 3.79. The largest absolute Gasteiger partial charge is 0.381 e. The van der Waals surface area contributed by atoms with E-state index in [1.54, 1.807) is 24.5 Å². The summed E-state index contributed by atoms with van der Waals surface area (Å²) in [5.74, 6) is 0.603. The Labute approximate surface area is 170 Å². The molecule has 144 valence electrons. The smallest absolute Gasteiger partial charge is 0.142 e. The number of aliphatic hydroxyl groups is 1. The van der Waals surface area contributed by atoms with Gasteiger partial charge < -0.3 is 9.67 Å². The number of pyridine rings is 1. The maximum Gasteiger partial charge on any atom is 0.142 e. The fourth-order valence-electron chi connectivity index (χ4n) is 3.47. The number of aromatic nitrogens is 3. The highest BCUT2D eigenvalue weighted by atomic mass is 35.5. The topological polar surface area (TPSA) is 50.9 Å². The molecule has 28 heavy (non-hydrogen) atoms. The van der Waals surface area contributed by atoms with Crippen molar-refractivity contribution in [2.24, 2.45) is 0 Å². The molecular formula is C23H24ClN3O. The first-order chi connectivity index (χ1) is 13.5. The summed E-state index contributed by atoms with van der Waals surface area (Å²) < 4.78 is 2.06. The SMILES string of the molecule is C=CCC(O)(CC=C)c1nc(-c2ccncc2)c(-c2ccc(Cl)cc2)n1CC. The second-order valence-electron chi connectivity index (χ2n) is 6.64. The zero-order valence-electron chi connectivity index (χ0n) is 16.0. The zero-order chi connectivity index (χ0) is 20.1. The molecule has 0 aliphatic rings. The second kappa shape index (κ2) is 8.55. The lowest BCUT2D eigenvalue weighted by molar-refractivity contribution is 0.0304. The average molecular weight is 394 g/mol. The van der Waals surface area contributed by atoms with Crippen LogP contribution in [-0.4, -0.2) is 19.6 Å². The highest BCUT2D eigenvalue weighted by Gasteiger charge is 2.34. The Bertz CT molecular complexity index is 952. The van der Waals surface area contributed by atoms with Crippen molar-refractivity contribution in [3.8, 4) is 22.5 Å². The van der Waals surface area contributed by atoms with Crippen LogP contribution in [0.4, 0.5) is 0 Å². The van der Waals surface area contributed by atoms with Gasteiger partial charge in [0.15, 0.2) is 0 Å². The maximum absolute atomic E-state index is 11.4. The molecule has 0 saturated heterocycles. The highest BCUT2D eigenvalue weighted by Crippen LogP contribution is 2.38. The Kier molecular flexibility index (Phi) is 6.12. The minimum atomic E-state index is -1.17. The van der Waals surface area contributed by atoms with Gasteiger partial charge in [-0.2, -0.15) is 0 Å². The molecule has 0 fully saturated rings. The van der Waals surface area contributed by atoms with E-state index in [1.165, 1.54) is 0 Å². The molecule has 0 amide bonds. The summed E-state index contributed by atoms with van der Waals surface area (Å²) in [5.41, 5.74) is 2.48. The molecule has 5 heteroatoms. The molecule has 3 aromatic rings. The van der Waals surface area contributed by atoms with Crippen LogP contribution in [-0.2, 0) is 12.1 Å². The van der Waals surface area contributed by atoms with Gasteiger partial charge in [0.05, 0.1) is 11.4 Å². The number of hydrogen-bond donors (Lipinski definition) is 1. The van der Waals surface area contributed by atoms with E-state index < -0.39 is 5.60 Å². The molecule has 2 aromatic heterocycles. The van der Waals surface area contributed by atoms with Crippen LogP contribution in [0.5, 0.6) is 0 Å². The third-order valence-corrected chi connectivity index (χ3v) is 4.99. The van der Waals surface area contributed by atoms with Crippen LogP contribution < -0.4 is 0 Å². The Hall–Kier alpha value is -2.69. The molecule has 1 aromatic carbocycles. The average Bonchev–Trinajstić information content (AvgIpc) is 3.10. The van der Waals surface area contributed by atoms with Crippen molar-refractivity contribution in [2.75, 3.05) is 0 Å². The van der Waals surface area contributed by atoms with Gasteiger partial charge in [0, 0.05) is 47.9 Å². The van der Waals surface area contributed by atoms with E-state index in [4.69, 9.17) is 16.6 Å². The van der Waals surface area contributed by atoms with Gasteiger partial charge in [0.1, 0.15) is 11.4 Å². The van der Waals surface area contributed by atoms with E-state index in [0.717, 1.165) is 22.5 Å². The fourth-order valence-corrected chi connectivity index (χ4v) is 3.60. The summed E-state index contributed by atoms with van der Waals surface area (Å²) in [5, 5.41) is 12.1. The quantitative estimate of drug-likeness (QED) is 0.505. The Morgan fingerprint density at radius 2 is 1.64 bits per heavy atom. The number of halogens is 1. The monoisotopic (exact) mass is 393 g/mol. The van der Waals surface area contributed by atoms with E-state index in [1.807, 2.05) is 43.3 Å². The van der Waals surface area contributed by atoms with Crippen molar-refractivity contribution in [3.63, 3.8) is 0 Å². The predicted molar refractivity (Wildman–Crippen MR) is 115 cm³/mol. The second-order valence-corrected chi connectivity index (χ2v) is 7.07. The molecule has 0 unspecified atom stereocenters. The van der Waals surface area contributed by atoms with Gasteiger partial charge in [0.25, 0.3) is 0 Å². The van der Waals surface area contributed by atoms with Gasteiger partial charge in [0.2, 0.25) is 0 Å². The first-order valence-corrected chi connectivity index (χ1v) is 9.63. The number of nitrogens with zero attached hydrogens (tertiary/aromatic N) is 3. The van der Waals surface area contributed by atoms with Crippen molar-refractivity contribution in [1.82, 2.24) is 14.5 Å². The number of benzene rings is 1. The first kappa shape index (κ1) is 20.1. The van der Waals surface area contributed by atoms with E-state index in [-0.39, 0.29) is 0 Å². The Morgan fingerprint density at radius 3 is 2.18 bits per heavy atom. The molecule has 2 heterocycles. The normalized spacial score (nSPS) is 11.4. The van der Waals surface area contributed by atoms with Crippen molar-refractivity contribution in [2.45, 2.75) is 31.9 Å². The highest BCUT2D eigenvalue weighted by molar-refractivity contribution is 6.30. The number of hydrogen-bond acceptors (Lipinski definition) is 3. The molecule has 3 rings (SSSR count). The first-order valence-electron chi connectivity index (χ1n) is 9.25. The molecular weight excluding hydrogens is 370 g/mol. The molecule has 0 aliphatic carbocycles. The summed E-state index contributed by atoms with van der Waals surface area (Å²) >= 11 is 6.10. The molecule has 4 nitrogen and oxygen atoms in total. The minimum Gasteiger partial charge on any atom is -0.381 e. The van der Waals surface area contributed by atoms with Gasteiger partial charge in [-0.1, -0.05) is 35.9 Å². The maximum atomic E-state index is 11.4. The lowest BCUT2D eigenvalue weighted by Crippen LogP contribution is -2.29. The predicted octanol–water partition coefficient (Wildman–Crippen LogP) is 5.63. The van der Waals surface area contributed by atoms with E-state index >= 15 is 0 Å². The molecule has 0 atom stereocenters. The van der Waals surface area contributed by atoms with Gasteiger partial charge in [-0.25, -0.2) is 4.98 Å². The van der Waals surface area contributed by atoms with E-state index in [2.05, 4.69) is 22.7 Å². The van der Waals surface area contributed by atoms with Crippen LogP contribution in [0.3, 0.4) is 0 Å². The minimum absolute atomic E-state index is 0.381. The molecule has 0 spiro atoms. The van der Waals surface area contributed by atoms with Crippen LogP contribution in [0.1, 0.15) is 25.6 Å². The van der Waals surface area contributed by atoms with Crippen LogP contribution in [0, 0.1) is 0 Å². The number of imidazole rings is 1. The van der Waals surface area contributed by atoms with Gasteiger partial charge >= 0.3 is 0 Å². The van der Waals surface area contributed by atoms with E-state index in [0.29, 0.717) is 30.2 Å². The third-order valence-electron chi connectivity index (χ3n) is 4.74. The number of rotatable bonds is 8. The van der Waals surface area contributed by atoms with Crippen LogP contribution >= 0.6 is 11.6 Å². The lowest BCUT2D eigenvalue weighted by Gasteiger charge is -2.26. The van der Waals surface area contributed by atoms with Crippen molar-refractivity contribution in [3.05, 3.63) is 84.9 Å². The van der Waals surface area contributed by atoms with Crippen molar-refractivity contribution >= 4 is 11.6 Å². The van der Waals surface area contributed by atoms with Crippen molar-refractivity contribution in [1.29, 1.82) is 0 Å². The van der Waals surface area contributed by atoms with E-state index in [9.17, 15) is 5.11 Å². The standard InChI is InChI=1S/C23H24ClN3O/c1-4-13-23(28,14-5-2)22-26-20(17-11-15-25-16-12-17)21(27(22)6-3)18-7-9-19(24)10-8-18/h4-5,7-12,15-16,28H,1-2,6,13-14H2,3H3. The van der Waals surface area contributed by atoms with Gasteiger partial charge in [-0.15, -0.1) is 13.2 Å². The molecule has 0 radical (unpaired) electrons. The summed E-state index contributed by atoms with van der Waals surface area (Å²) in [4.78, 5) is 9.03. The Balaban J connectivity index is 2.32. The Morgan fingerprint density at radius 1 is 1.04 bits per heavy atom. The molecule has 0 aliphatic heterocycles. The molecule has 1 N–H and O–H groups in total. The van der Waals surface area contributed by atoms with Crippen LogP contribution in [0.15, 0.2) is 74.1 Å². The lowest BCUT2D eigenvalue weighted by atomic mass is 9.94. The zero-order valence-corrected chi connectivity index (χ0v) is 16.7. The van der Waals surface area contributed by atoms with Gasteiger partial charge in [-0.3, -0.25) is 4.98 Å². The summed E-state index contributed by atoms with van der Waals surface area (Å²) in [6.07, 6.45) is 7.67. The fraction of sp³-hybridized carbons (Fsp3) is 0.217. The molecule has 0 saturated carbocycles. The summed E-state index contributed by atoms with van der Waals surface area (Å²) in [7, 11) is 0. The van der Waals surface area contributed by atoms with Crippen LogP contribution in [0.2, 0.25) is 5.02 Å². The van der Waals surface area contributed by atoms with Gasteiger partial charge in [-0.05, 0) is 31.2 Å². The van der Waals surface area contributed by atoms with Crippen LogP contribution in [0.25, 0.3) is 22.5 Å².